The van der Waals surface area contributed by atoms with Crippen molar-refractivity contribution in [3.8, 4) is 0 Å². The van der Waals surface area contributed by atoms with Gasteiger partial charge in [-0.25, -0.2) is 4.98 Å². The van der Waals surface area contributed by atoms with Gasteiger partial charge in [0.05, 0.1) is 28.9 Å². The summed E-state index contributed by atoms with van der Waals surface area (Å²) in [5.41, 5.74) is 3.49. The molecule has 7 nitrogen and oxygen atoms in total. The van der Waals surface area contributed by atoms with E-state index < -0.39 is 0 Å². The van der Waals surface area contributed by atoms with Crippen LogP contribution in [0.1, 0.15) is 43.5 Å². The van der Waals surface area contributed by atoms with Gasteiger partial charge in [-0.2, -0.15) is 0 Å². The van der Waals surface area contributed by atoms with Gasteiger partial charge in [-0.1, -0.05) is 5.21 Å². The Labute approximate surface area is 169 Å². The number of rotatable bonds is 8. The summed E-state index contributed by atoms with van der Waals surface area (Å²) in [6.07, 6.45) is 8.73. The SMILES string of the molecule is Cc1cn(CCNC(=O)[C@@]2(Cc3cscn3)C[C@H]3CC[C@@H]2N3CC2CC2)nn1. The first-order valence-electron chi connectivity index (χ1n) is 10.4. The summed E-state index contributed by atoms with van der Waals surface area (Å²) in [4.78, 5) is 20.7. The fraction of sp³-hybridized carbons (Fsp3) is 0.700. The summed E-state index contributed by atoms with van der Waals surface area (Å²) >= 11 is 1.62. The second-order valence-corrected chi connectivity index (χ2v) is 9.50. The summed E-state index contributed by atoms with van der Waals surface area (Å²) in [5, 5.41) is 13.4. The van der Waals surface area contributed by atoms with Crippen LogP contribution in [0, 0.1) is 18.3 Å². The normalized spacial score (nSPS) is 29.5. The largest absolute Gasteiger partial charge is 0.354 e. The summed E-state index contributed by atoms with van der Waals surface area (Å²) in [5.74, 6) is 1.06. The monoisotopic (exact) mass is 400 g/mol. The maximum atomic E-state index is 13.5. The molecule has 1 N–H and O–H groups in total. The van der Waals surface area contributed by atoms with Crippen LogP contribution >= 0.6 is 11.3 Å². The van der Waals surface area contributed by atoms with Crippen molar-refractivity contribution in [2.75, 3.05) is 13.1 Å². The Balaban J connectivity index is 1.32. The number of hydrogen-bond donors (Lipinski definition) is 1. The lowest BCUT2D eigenvalue weighted by molar-refractivity contribution is -0.133. The Hall–Kier alpha value is -1.80. The van der Waals surface area contributed by atoms with Crippen molar-refractivity contribution in [2.45, 2.75) is 64.1 Å². The van der Waals surface area contributed by atoms with Crippen LogP contribution in [0.4, 0.5) is 0 Å². The van der Waals surface area contributed by atoms with E-state index in [-0.39, 0.29) is 11.3 Å². The molecule has 3 atom stereocenters. The molecule has 5 rings (SSSR count). The van der Waals surface area contributed by atoms with Gasteiger partial charge in [-0.3, -0.25) is 14.4 Å². The second-order valence-electron chi connectivity index (χ2n) is 8.78. The lowest BCUT2D eigenvalue weighted by Crippen LogP contribution is -2.51. The quantitative estimate of drug-likeness (QED) is 0.734. The average Bonchev–Trinajstić information content (AvgIpc) is 3.03. The third-order valence-electron chi connectivity index (χ3n) is 6.76. The number of nitrogens with zero attached hydrogens (tertiary/aromatic N) is 5. The summed E-state index contributed by atoms with van der Waals surface area (Å²) < 4.78 is 1.79. The molecule has 3 fully saturated rings. The zero-order valence-corrected chi connectivity index (χ0v) is 17.2. The lowest BCUT2D eigenvalue weighted by Gasteiger charge is -2.36. The highest BCUT2D eigenvalue weighted by Gasteiger charge is 2.60. The van der Waals surface area contributed by atoms with Gasteiger partial charge in [-0.05, 0) is 44.9 Å². The number of nitrogens with one attached hydrogen (secondary N) is 1. The predicted octanol–water partition coefficient (Wildman–Crippen LogP) is 2.04. The predicted molar refractivity (Wildman–Crippen MR) is 107 cm³/mol. The molecule has 4 heterocycles. The highest BCUT2D eigenvalue weighted by molar-refractivity contribution is 7.07. The van der Waals surface area contributed by atoms with E-state index in [9.17, 15) is 4.79 Å². The first kappa shape index (κ1) is 18.2. The Kier molecular flexibility index (Phi) is 4.71. The molecule has 1 aliphatic carbocycles. The van der Waals surface area contributed by atoms with Gasteiger partial charge >= 0.3 is 0 Å². The van der Waals surface area contributed by atoms with Gasteiger partial charge < -0.3 is 5.32 Å². The van der Waals surface area contributed by atoms with Gasteiger partial charge in [0.25, 0.3) is 0 Å². The van der Waals surface area contributed by atoms with E-state index >= 15 is 0 Å². The molecule has 2 bridgehead atoms. The van der Waals surface area contributed by atoms with E-state index in [1.807, 2.05) is 18.6 Å². The van der Waals surface area contributed by atoms with Crippen LogP contribution in [-0.2, 0) is 17.8 Å². The molecule has 2 saturated heterocycles. The van der Waals surface area contributed by atoms with Crippen LogP contribution in [0.25, 0.3) is 0 Å². The number of carbonyl (C=O) groups is 1. The molecule has 8 heteroatoms. The zero-order chi connectivity index (χ0) is 19.1. The molecular formula is C20H28N6OS. The first-order valence-corrected chi connectivity index (χ1v) is 11.4. The van der Waals surface area contributed by atoms with Crippen molar-refractivity contribution in [2.24, 2.45) is 11.3 Å². The third kappa shape index (κ3) is 3.37. The van der Waals surface area contributed by atoms with Gasteiger partial charge in [0, 0.05) is 43.2 Å². The minimum absolute atomic E-state index is 0.199. The molecule has 2 aromatic rings. The number of aryl methyl sites for hydroxylation is 1. The van der Waals surface area contributed by atoms with Crippen molar-refractivity contribution in [3.05, 3.63) is 28.5 Å². The van der Waals surface area contributed by atoms with Crippen molar-refractivity contribution >= 4 is 17.2 Å². The number of carbonyl (C=O) groups excluding carboxylic acids is 1. The topological polar surface area (TPSA) is 75.9 Å². The number of amides is 1. The smallest absolute Gasteiger partial charge is 0.228 e. The Morgan fingerprint density at radius 1 is 1.36 bits per heavy atom. The minimum atomic E-state index is -0.343. The van der Waals surface area contributed by atoms with Crippen molar-refractivity contribution in [1.82, 2.24) is 30.2 Å². The Morgan fingerprint density at radius 3 is 2.96 bits per heavy atom. The lowest BCUT2D eigenvalue weighted by atomic mass is 9.70. The van der Waals surface area contributed by atoms with Crippen molar-refractivity contribution < 1.29 is 4.79 Å². The Bertz CT molecular complexity index is 832. The summed E-state index contributed by atoms with van der Waals surface area (Å²) in [7, 11) is 0. The number of fused-ring (bicyclic) bond motifs is 2. The van der Waals surface area contributed by atoms with Gasteiger partial charge in [0.15, 0.2) is 0 Å². The molecule has 0 spiro atoms. The first-order chi connectivity index (χ1) is 13.6. The summed E-state index contributed by atoms with van der Waals surface area (Å²) in [6.45, 7) is 4.34. The van der Waals surface area contributed by atoms with Crippen LogP contribution in [0.3, 0.4) is 0 Å². The molecule has 0 unspecified atom stereocenters. The molecule has 0 aromatic carbocycles. The van der Waals surface area contributed by atoms with E-state index in [1.54, 1.807) is 16.0 Å². The van der Waals surface area contributed by atoms with Crippen LogP contribution in [0.15, 0.2) is 17.1 Å². The minimum Gasteiger partial charge on any atom is -0.354 e. The number of hydrogen-bond acceptors (Lipinski definition) is 6. The van der Waals surface area contributed by atoms with E-state index in [0.29, 0.717) is 25.2 Å². The molecule has 1 saturated carbocycles. The molecule has 2 aromatic heterocycles. The third-order valence-corrected chi connectivity index (χ3v) is 7.39. The number of aromatic nitrogens is 4. The van der Waals surface area contributed by atoms with Crippen LogP contribution in [-0.4, -0.2) is 56.0 Å². The van der Waals surface area contributed by atoms with Crippen LogP contribution in [0.5, 0.6) is 0 Å². The molecule has 2 aliphatic heterocycles. The van der Waals surface area contributed by atoms with E-state index in [2.05, 4.69) is 30.9 Å². The second kappa shape index (κ2) is 7.22. The Morgan fingerprint density at radius 2 is 2.25 bits per heavy atom. The van der Waals surface area contributed by atoms with Gasteiger partial charge in [0.2, 0.25) is 5.91 Å². The zero-order valence-electron chi connectivity index (χ0n) is 16.4. The van der Waals surface area contributed by atoms with Crippen molar-refractivity contribution in [1.29, 1.82) is 0 Å². The maximum absolute atomic E-state index is 13.5. The fourth-order valence-electron chi connectivity index (χ4n) is 5.31. The fourth-order valence-corrected chi connectivity index (χ4v) is 5.87. The highest BCUT2D eigenvalue weighted by Crippen LogP contribution is 2.52. The highest BCUT2D eigenvalue weighted by atomic mass is 32.1. The average molecular weight is 401 g/mol. The van der Waals surface area contributed by atoms with Crippen molar-refractivity contribution in [3.63, 3.8) is 0 Å². The molecule has 150 valence electrons. The standard InChI is InChI=1S/C20H28N6OS/c1-14-10-25(24-23-14)7-6-21-19(27)20(8-16-12-28-13-22-16)9-17-4-5-18(20)26(17)11-15-2-3-15/h10,12-13,15,17-18H,2-9,11H2,1H3,(H,21,27)/t17-,18+,20+/m1/s1. The van der Waals surface area contributed by atoms with Gasteiger partial charge in [0.1, 0.15) is 0 Å². The van der Waals surface area contributed by atoms with Crippen LogP contribution in [0.2, 0.25) is 0 Å². The molecular weight excluding hydrogens is 372 g/mol. The molecule has 1 amide bonds. The van der Waals surface area contributed by atoms with E-state index in [1.165, 1.54) is 25.8 Å². The van der Waals surface area contributed by atoms with Gasteiger partial charge in [-0.15, -0.1) is 16.4 Å². The molecule has 3 aliphatic rings. The molecule has 28 heavy (non-hydrogen) atoms. The van der Waals surface area contributed by atoms with E-state index in [4.69, 9.17) is 0 Å². The van der Waals surface area contributed by atoms with E-state index in [0.717, 1.165) is 36.6 Å². The summed E-state index contributed by atoms with van der Waals surface area (Å²) in [6, 6.07) is 0.918. The number of thiazole rings is 1. The maximum Gasteiger partial charge on any atom is 0.228 e. The van der Waals surface area contributed by atoms with Crippen LogP contribution < -0.4 is 5.32 Å². The molecule has 0 radical (unpaired) electrons.